The summed E-state index contributed by atoms with van der Waals surface area (Å²) in [5.41, 5.74) is -2.41. The largest absolute Gasteiger partial charge is 0.459 e. The first-order valence-electron chi connectivity index (χ1n) is 27.3. The van der Waals surface area contributed by atoms with E-state index in [2.05, 4.69) is 65.3 Å². The molecule has 1 aromatic carbocycles. The SMILES string of the molecule is CC(=O)OC(CS(=O)(=O)O)C(F)(F)F.CCC(C)(C)C(=O)OC1(C)C2CC3CC1CC(C(=O)OC(CS(=O)(=O)O)C(F)(F)F)(C3)C2.CCC(C)(C)C(=O)OC1(C)CCC(C(=O)OC(CS(=O)(=O)O)C(F)(F)F)CC1.CCC(C)(C)c1ccccc1. The van der Waals surface area contributed by atoms with Crippen LogP contribution in [0.2, 0.25) is 0 Å². The standard InChI is InChI=1S/C21H31F3O7S.C17H27F3O7S.C11H16.C5H7F3O5S/c1-5-18(2,3)16(25)31-19(4)13-6-12-7-14(19)10-20(8-12,9-13)17(26)30-15(21(22,23)24)11-32(27,28)29;1-5-15(2,3)14(22)27-16(4)8-6-11(7-9-16)13(21)26-12(17(18,19)20)10-28(23,24)25;1-4-11(2,3)10-8-6-5-7-9-10;1-3(9)13-4(5(6,7)8)2-14(10,11)12/h12-15H,5-11H2,1-4H3,(H,27,28,29);11-12H,5-10H2,1-4H3,(H,23,24,25);5-9H,4H2,1-3H3;4H,2H2,1H3,(H,10,11,12). The lowest BCUT2D eigenvalue weighted by Gasteiger charge is -2.62. The molecule has 0 heterocycles. The quantitative estimate of drug-likeness (QED) is 0.0502. The molecule has 85 heavy (non-hydrogen) atoms. The first-order valence-corrected chi connectivity index (χ1v) is 32.1. The molecule has 31 heteroatoms. The van der Waals surface area contributed by atoms with Crippen LogP contribution >= 0.6 is 0 Å². The van der Waals surface area contributed by atoms with Gasteiger partial charge in [-0.1, -0.05) is 65.0 Å². The van der Waals surface area contributed by atoms with Crippen LogP contribution in [0.3, 0.4) is 0 Å². The van der Waals surface area contributed by atoms with Crippen molar-refractivity contribution >= 4 is 60.2 Å². The Morgan fingerprint density at radius 1 is 0.576 bits per heavy atom. The number of esters is 5. The van der Waals surface area contributed by atoms with E-state index in [4.69, 9.17) is 23.1 Å². The zero-order chi connectivity index (χ0) is 66.2. The summed E-state index contributed by atoms with van der Waals surface area (Å²) in [4.78, 5) is 60.3. The van der Waals surface area contributed by atoms with Crippen LogP contribution in [-0.2, 0) is 83.4 Å². The fourth-order valence-corrected chi connectivity index (χ4v) is 12.0. The molecule has 0 spiro atoms. The van der Waals surface area contributed by atoms with Gasteiger partial charge < -0.3 is 23.7 Å². The summed E-state index contributed by atoms with van der Waals surface area (Å²) in [6.45, 7) is 21.8. The minimum Gasteiger partial charge on any atom is -0.459 e. The minimum atomic E-state index is -5.14. The lowest BCUT2D eigenvalue weighted by molar-refractivity contribution is -0.244. The van der Waals surface area contributed by atoms with E-state index in [-0.39, 0.29) is 68.2 Å². The van der Waals surface area contributed by atoms with E-state index in [1.54, 1.807) is 34.6 Å². The summed E-state index contributed by atoms with van der Waals surface area (Å²) < 4.78 is 228. The molecule has 3 N–H and O–H groups in total. The van der Waals surface area contributed by atoms with Gasteiger partial charge in [0.15, 0.2) is 0 Å². The Balaban J connectivity index is 0.000000420. The van der Waals surface area contributed by atoms with Crippen molar-refractivity contribution in [1.29, 1.82) is 0 Å². The summed E-state index contributed by atoms with van der Waals surface area (Å²) in [6.07, 6.45) is -18.7. The number of hydrogen-bond acceptors (Lipinski definition) is 16. The van der Waals surface area contributed by atoms with Crippen molar-refractivity contribution < 1.29 is 126 Å². The number of halogens is 9. The predicted molar refractivity (Wildman–Crippen MR) is 288 cm³/mol. The maximum Gasteiger partial charge on any atom is 0.426 e. The van der Waals surface area contributed by atoms with Gasteiger partial charge in [-0.15, -0.1) is 0 Å². The molecule has 0 amide bonds. The molecule has 5 aliphatic carbocycles. The Kier molecular flexibility index (Phi) is 25.7. The van der Waals surface area contributed by atoms with Crippen LogP contribution in [0.1, 0.15) is 166 Å². The molecule has 5 atom stereocenters. The van der Waals surface area contributed by atoms with Crippen LogP contribution in [0.5, 0.6) is 0 Å². The zero-order valence-electron chi connectivity index (χ0n) is 49.5. The van der Waals surface area contributed by atoms with Crippen LogP contribution in [0.25, 0.3) is 0 Å². The molecule has 0 saturated heterocycles. The Bertz CT molecular complexity index is 2780. The number of alkyl halides is 9. The van der Waals surface area contributed by atoms with Gasteiger partial charge in [0, 0.05) is 18.8 Å². The summed E-state index contributed by atoms with van der Waals surface area (Å²) in [5.74, 6) is -10.7. The molecule has 0 radical (unpaired) electrons. The number of ether oxygens (including phenoxy) is 5. The molecule has 4 bridgehead atoms. The molecular formula is C54H81F9O19S3. The first kappa shape index (κ1) is 76.8. The molecule has 5 aliphatic rings. The highest BCUT2D eigenvalue weighted by atomic mass is 32.2. The Hall–Kier alpha value is -4.33. The van der Waals surface area contributed by atoms with Gasteiger partial charge in [0.2, 0.25) is 18.3 Å². The van der Waals surface area contributed by atoms with Crippen LogP contribution in [0, 0.1) is 39.9 Å². The van der Waals surface area contributed by atoms with Gasteiger partial charge in [-0.2, -0.15) is 64.8 Å². The first-order chi connectivity index (χ1) is 38.1. The van der Waals surface area contributed by atoms with Crippen molar-refractivity contribution in [2.45, 2.75) is 214 Å². The van der Waals surface area contributed by atoms with E-state index < -0.39 is 136 Å². The Morgan fingerprint density at radius 2 is 0.953 bits per heavy atom. The van der Waals surface area contributed by atoms with Crippen molar-refractivity contribution in [3.05, 3.63) is 35.9 Å². The average Bonchev–Trinajstić information content (AvgIpc) is 0.796. The van der Waals surface area contributed by atoms with Crippen molar-refractivity contribution in [2.75, 3.05) is 17.3 Å². The number of rotatable bonds is 19. The molecule has 6 rings (SSSR count). The smallest absolute Gasteiger partial charge is 0.426 e. The number of carbonyl (C=O) groups excluding carboxylic acids is 5. The van der Waals surface area contributed by atoms with Gasteiger partial charge >= 0.3 is 48.4 Å². The van der Waals surface area contributed by atoms with Crippen LogP contribution in [0.4, 0.5) is 39.5 Å². The fourth-order valence-electron chi connectivity index (χ4n) is 10.1. The van der Waals surface area contributed by atoms with Crippen molar-refractivity contribution in [3.63, 3.8) is 0 Å². The van der Waals surface area contributed by atoms with Crippen LogP contribution in [0.15, 0.2) is 30.3 Å². The van der Waals surface area contributed by atoms with Gasteiger partial charge in [0.1, 0.15) is 28.5 Å². The molecule has 1 aromatic rings. The second-order valence-corrected chi connectivity index (χ2v) is 29.2. The van der Waals surface area contributed by atoms with E-state index in [1.165, 1.54) is 12.0 Å². The van der Waals surface area contributed by atoms with E-state index in [0.717, 1.165) is 0 Å². The third kappa shape index (κ3) is 23.6. The molecule has 5 saturated carbocycles. The van der Waals surface area contributed by atoms with E-state index in [1.807, 2.05) is 20.8 Å². The highest BCUT2D eigenvalue weighted by molar-refractivity contribution is 7.86. The monoisotopic (exact) mass is 1300 g/mol. The normalized spacial score (nSPS) is 25.6. The topological polar surface area (TPSA) is 295 Å². The molecule has 5 fully saturated rings. The molecule has 492 valence electrons. The number of carbonyl (C=O) groups is 5. The number of benzene rings is 1. The van der Waals surface area contributed by atoms with Crippen LogP contribution < -0.4 is 0 Å². The lowest BCUT2D eigenvalue weighted by Crippen LogP contribution is -2.64. The van der Waals surface area contributed by atoms with E-state index >= 15 is 0 Å². The fraction of sp³-hybridized carbons (Fsp3) is 0.796. The minimum absolute atomic E-state index is 0.0944. The maximum atomic E-state index is 13.3. The van der Waals surface area contributed by atoms with Gasteiger partial charge in [0.25, 0.3) is 30.4 Å². The summed E-state index contributed by atoms with van der Waals surface area (Å²) in [5, 5.41) is 0. The lowest BCUT2D eigenvalue weighted by atomic mass is 9.45. The molecule has 0 aliphatic heterocycles. The van der Waals surface area contributed by atoms with Gasteiger partial charge in [-0.05, 0) is 135 Å². The second kappa shape index (κ2) is 28.4. The highest BCUT2D eigenvalue weighted by Gasteiger charge is 2.66. The van der Waals surface area contributed by atoms with Gasteiger partial charge in [-0.25, -0.2) is 0 Å². The third-order valence-corrected chi connectivity index (χ3v) is 18.8. The van der Waals surface area contributed by atoms with E-state index in [0.29, 0.717) is 44.4 Å². The molecule has 19 nitrogen and oxygen atoms in total. The van der Waals surface area contributed by atoms with Gasteiger partial charge in [0.05, 0.1) is 22.2 Å². The molecule has 5 unspecified atom stereocenters. The van der Waals surface area contributed by atoms with Crippen molar-refractivity contribution in [1.82, 2.24) is 0 Å². The second-order valence-electron chi connectivity index (χ2n) is 24.7. The molecular weight excluding hydrogens is 1220 g/mol. The van der Waals surface area contributed by atoms with Gasteiger partial charge in [-0.3, -0.25) is 37.6 Å². The van der Waals surface area contributed by atoms with E-state index in [9.17, 15) is 88.7 Å². The summed E-state index contributed by atoms with van der Waals surface area (Å²) >= 11 is 0. The van der Waals surface area contributed by atoms with Crippen molar-refractivity contribution in [3.8, 4) is 0 Å². The summed E-state index contributed by atoms with van der Waals surface area (Å²) in [6, 6.07) is 10.7. The Labute approximate surface area is 491 Å². The summed E-state index contributed by atoms with van der Waals surface area (Å²) in [7, 11) is -14.8. The number of hydrogen-bond donors (Lipinski definition) is 3. The Morgan fingerprint density at radius 3 is 1.31 bits per heavy atom. The molecule has 0 aromatic heterocycles. The highest BCUT2D eigenvalue weighted by Crippen LogP contribution is 2.65. The zero-order valence-corrected chi connectivity index (χ0v) is 52.0. The third-order valence-electron chi connectivity index (χ3n) is 16.6. The van der Waals surface area contributed by atoms with Crippen LogP contribution in [-0.4, -0.2) is 134 Å². The van der Waals surface area contributed by atoms with Crippen molar-refractivity contribution in [2.24, 2.45) is 39.9 Å². The maximum absolute atomic E-state index is 13.3. The average molecular weight is 1300 g/mol. The predicted octanol–water partition coefficient (Wildman–Crippen LogP) is 10.9.